The van der Waals surface area contributed by atoms with E-state index in [0.717, 1.165) is 50.0 Å². The summed E-state index contributed by atoms with van der Waals surface area (Å²) in [6.07, 6.45) is 0.987. The number of aryl methyl sites for hydroxylation is 1. The van der Waals surface area contributed by atoms with Crippen LogP contribution in [0, 0.1) is 6.92 Å². The van der Waals surface area contributed by atoms with Crippen LogP contribution in [0.5, 0.6) is 0 Å². The van der Waals surface area contributed by atoms with Crippen molar-refractivity contribution in [3.8, 4) is 0 Å². The highest BCUT2D eigenvalue weighted by atomic mass is 35.5. The van der Waals surface area contributed by atoms with E-state index in [4.69, 9.17) is 11.6 Å². The Balaban J connectivity index is 1.46. The Bertz CT molecular complexity index is 901. The molecule has 1 aliphatic heterocycles. The van der Waals surface area contributed by atoms with Gasteiger partial charge >= 0.3 is 0 Å². The third kappa shape index (κ3) is 4.06. The molecule has 8 heteroatoms. The van der Waals surface area contributed by atoms with E-state index in [-0.39, 0.29) is 6.04 Å². The van der Waals surface area contributed by atoms with Crippen molar-refractivity contribution in [2.24, 2.45) is 0 Å². The summed E-state index contributed by atoms with van der Waals surface area (Å²) in [6, 6.07) is 10.6. The molecule has 0 radical (unpaired) electrons. The Morgan fingerprint density at radius 1 is 1.18 bits per heavy atom. The van der Waals surface area contributed by atoms with Crippen LogP contribution in [-0.4, -0.2) is 51.3 Å². The molecule has 0 saturated carbocycles. The fourth-order valence-corrected chi connectivity index (χ4v) is 4.77. The first-order valence-corrected chi connectivity index (χ1v) is 10.9. The smallest absolute Gasteiger partial charge is 0.168 e. The molecule has 1 fully saturated rings. The van der Waals surface area contributed by atoms with Crippen molar-refractivity contribution in [1.29, 1.82) is 0 Å². The van der Waals surface area contributed by atoms with Gasteiger partial charge in [-0.2, -0.15) is 0 Å². The molecule has 0 bridgehead atoms. The second-order valence-corrected chi connectivity index (χ2v) is 8.62. The molecule has 28 heavy (non-hydrogen) atoms. The molecule has 4 rings (SSSR count). The molecule has 2 aromatic heterocycles. The van der Waals surface area contributed by atoms with E-state index in [0.29, 0.717) is 0 Å². The molecule has 148 valence electrons. The highest BCUT2D eigenvalue weighted by Crippen LogP contribution is 2.28. The molecule has 1 unspecified atom stereocenters. The predicted molar refractivity (Wildman–Crippen MR) is 114 cm³/mol. The van der Waals surface area contributed by atoms with Gasteiger partial charge in [-0.3, -0.25) is 4.90 Å². The first-order chi connectivity index (χ1) is 13.7. The summed E-state index contributed by atoms with van der Waals surface area (Å²) < 4.78 is 1.95. The topological polar surface area (TPSA) is 50.1 Å². The van der Waals surface area contributed by atoms with Gasteiger partial charge in [0.05, 0.1) is 12.6 Å². The summed E-state index contributed by atoms with van der Waals surface area (Å²) in [5, 5.41) is 15.5. The van der Waals surface area contributed by atoms with Crippen LogP contribution in [-0.2, 0) is 6.54 Å². The Labute approximate surface area is 174 Å². The molecule has 6 nitrogen and oxygen atoms in total. The van der Waals surface area contributed by atoms with Crippen molar-refractivity contribution in [1.82, 2.24) is 25.1 Å². The van der Waals surface area contributed by atoms with Crippen LogP contribution in [0.3, 0.4) is 0 Å². The predicted octanol–water partition coefficient (Wildman–Crippen LogP) is 4.02. The lowest BCUT2D eigenvalue weighted by Gasteiger charge is -2.40. The summed E-state index contributed by atoms with van der Waals surface area (Å²) in [5.41, 5.74) is 2.51. The molecule has 0 amide bonds. The van der Waals surface area contributed by atoms with Gasteiger partial charge in [-0.15, -0.1) is 16.4 Å². The van der Waals surface area contributed by atoms with Crippen LogP contribution in [0.15, 0.2) is 35.7 Å². The molecule has 1 atom stereocenters. The number of rotatable bonds is 6. The maximum absolute atomic E-state index is 6.22. The first kappa shape index (κ1) is 19.4. The van der Waals surface area contributed by atoms with E-state index < -0.39 is 0 Å². The maximum Gasteiger partial charge on any atom is 0.168 e. The fraction of sp³-hybridized carbons (Fsp3) is 0.450. The number of anilines is 1. The minimum Gasteiger partial charge on any atom is -0.369 e. The first-order valence-electron chi connectivity index (χ1n) is 9.69. The summed E-state index contributed by atoms with van der Waals surface area (Å²) in [5.74, 6) is 0.961. The highest BCUT2D eigenvalue weighted by molar-refractivity contribution is 7.09. The third-order valence-corrected chi connectivity index (χ3v) is 6.49. The van der Waals surface area contributed by atoms with E-state index in [1.807, 2.05) is 10.7 Å². The zero-order valence-electron chi connectivity index (χ0n) is 16.3. The standard InChI is InChI=1S/C20H25ClN6S/c1-3-18(20-22-23-24-27(20)14-17-5-4-12-28-17)25-8-10-26(11-9-25)19-13-16(21)7-6-15(19)2/h4-7,12-13,18H,3,8-11,14H2,1-2H3. The number of nitrogens with zero attached hydrogens (tertiary/aromatic N) is 6. The summed E-state index contributed by atoms with van der Waals surface area (Å²) in [6.45, 7) is 9.01. The molecule has 0 N–H and O–H groups in total. The van der Waals surface area contributed by atoms with Gasteiger partial charge in [0.2, 0.25) is 0 Å². The van der Waals surface area contributed by atoms with E-state index in [9.17, 15) is 0 Å². The second-order valence-electron chi connectivity index (χ2n) is 7.15. The van der Waals surface area contributed by atoms with Gasteiger partial charge in [0.1, 0.15) is 0 Å². The van der Waals surface area contributed by atoms with Crippen LogP contribution in [0.4, 0.5) is 5.69 Å². The Morgan fingerprint density at radius 2 is 2.00 bits per heavy atom. The second kappa shape index (κ2) is 8.59. The lowest BCUT2D eigenvalue weighted by Crippen LogP contribution is -2.48. The van der Waals surface area contributed by atoms with Gasteiger partial charge in [0.25, 0.3) is 0 Å². The lowest BCUT2D eigenvalue weighted by molar-refractivity contribution is 0.169. The van der Waals surface area contributed by atoms with Crippen LogP contribution >= 0.6 is 22.9 Å². The number of halogens is 1. The molecule has 1 aliphatic rings. The van der Waals surface area contributed by atoms with E-state index >= 15 is 0 Å². The van der Waals surface area contributed by atoms with Crippen LogP contribution in [0.25, 0.3) is 0 Å². The SMILES string of the molecule is CCC(c1nnnn1Cc1cccs1)N1CCN(c2cc(Cl)ccc2C)CC1. The minimum atomic E-state index is 0.234. The van der Waals surface area contributed by atoms with Gasteiger partial charge in [-0.05, 0) is 52.9 Å². The number of thiophene rings is 1. The third-order valence-electron chi connectivity index (χ3n) is 5.40. The van der Waals surface area contributed by atoms with Gasteiger partial charge in [0.15, 0.2) is 5.82 Å². The fourth-order valence-electron chi connectivity index (χ4n) is 3.91. The van der Waals surface area contributed by atoms with Crippen molar-refractivity contribution >= 4 is 28.6 Å². The average molecular weight is 417 g/mol. The largest absolute Gasteiger partial charge is 0.369 e. The molecule has 3 heterocycles. The number of aromatic nitrogens is 4. The molecule has 1 saturated heterocycles. The van der Waals surface area contributed by atoms with Gasteiger partial charge in [-0.1, -0.05) is 30.7 Å². The molecule has 1 aromatic carbocycles. The van der Waals surface area contributed by atoms with Gasteiger partial charge in [-0.25, -0.2) is 4.68 Å². The number of tetrazole rings is 1. The van der Waals surface area contributed by atoms with Crippen molar-refractivity contribution in [3.63, 3.8) is 0 Å². The Hall–Kier alpha value is -1.96. The zero-order valence-corrected chi connectivity index (χ0v) is 17.8. The number of hydrogen-bond donors (Lipinski definition) is 0. The van der Waals surface area contributed by atoms with E-state index in [1.54, 1.807) is 11.3 Å². The van der Waals surface area contributed by atoms with Crippen LogP contribution in [0.2, 0.25) is 5.02 Å². The minimum absolute atomic E-state index is 0.234. The lowest BCUT2D eigenvalue weighted by atomic mass is 10.1. The quantitative estimate of drug-likeness (QED) is 0.607. The average Bonchev–Trinajstić information content (AvgIpc) is 3.38. The highest BCUT2D eigenvalue weighted by Gasteiger charge is 2.28. The molecule has 0 aliphatic carbocycles. The van der Waals surface area contributed by atoms with Crippen molar-refractivity contribution in [2.45, 2.75) is 32.9 Å². The van der Waals surface area contributed by atoms with Gasteiger partial charge in [0, 0.05) is 41.8 Å². The van der Waals surface area contributed by atoms with Crippen molar-refractivity contribution in [2.75, 3.05) is 31.1 Å². The monoisotopic (exact) mass is 416 g/mol. The van der Waals surface area contributed by atoms with Crippen LogP contribution in [0.1, 0.15) is 35.7 Å². The summed E-state index contributed by atoms with van der Waals surface area (Å²) in [7, 11) is 0. The van der Waals surface area contributed by atoms with E-state index in [2.05, 4.69) is 68.8 Å². The van der Waals surface area contributed by atoms with Gasteiger partial charge < -0.3 is 4.90 Å². The number of hydrogen-bond acceptors (Lipinski definition) is 6. The Kier molecular flexibility index (Phi) is 5.94. The van der Waals surface area contributed by atoms with Crippen LogP contribution < -0.4 is 4.90 Å². The normalized spacial score (nSPS) is 16.5. The molecule has 3 aromatic rings. The van der Waals surface area contributed by atoms with Crippen molar-refractivity contribution < 1.29 is 0 Å². The molecular weight excluding hydrogens is 392 g/mol. The molecule has 0 spiro atoms. The van der Waals surface area contributed by atoms with E-state index in [1.165, 1.54) is 16.1 Å². The summed E-state index contributed by atoms with van der Waals surface area (Å²) in [4.78, 5) is 6.20. The molecular formula is C20H25ClN6S. The zero-order chi connectivity index (χ0) is 19.5. The Morgan fingerprint density at radius 3 is 2.71 bits per heavy atom. The number of piperazine rings is 1. The number of benzene rings is 1. The van der Waals surface area contributed by atoms with Crippen molar-refractivity contribution in [3.05, 3.63) is 57.0 Å². The maximum atomic E-state index is 6.22. The summed E-state index contributed by atoms with van der Waals surface area (Å²) >= 11 is 7.96.